The van der Waals surface area contributed by atoms with Crippen molar-refractivity contribution in [3.05, 3.63) is 41.5 Å². The zero-order chi connectivity index (χ0) is 14.1. The molecule has 1 aliphatic carbocycles. The highest BCUT2D eigenvalue weighted by Gasteiger charge is 2.27. The molecule has 0 amide bonds. The van der Waals surface area contributed by atoms with E-state index in [0.29, 0.717) is 23.1 Å². The highest BCUT2D eigenvalue weighted by Crippen LogP contribution is 2.39. The normalized spacial score (nSPS) is 14.2. The minimum Gasteiger partial charge on any atom is -0.439 e. The molecule has 1 aliphatic rings. The van der Waals surface area contributed by atoms with Gasteiger partial charge in [0.05, 0.1) is 0 Å². The van der Waals surface area contributed by atoms with Gasteiger partial charge in [-0.2, -0.15) is 4.98 Å². The number of aryl methyl sites for hydroxylation is 1. The Labute approximate surface area is 117 Å². The van der Waals surface area contributed by atoms with Crippen LogP contribution in [0.2, 0.25) is 0 Å². The second kappa shape index (κ2) is 5.07. The molecule has 0 saturated heterocycles. The summed E-state index contributed by atoms with van der Waals surface area (Å²) in [6, 6.07) is 6.39. The molecule has 104 valence electrons. The van der Waals surface area contributed by atoms with Crippen LogP contribution in [0.4, 0.5) is 10.2 Å². The van der Waals surface area contributed by atoms with E-state index in [4.69, 9.17) is 4.74 Å². The molecule has 0 aliphatic heterocycles. The number of hydrogen-bond acceptors (Lipinski definition) is 4. The van der Waals surface area contributed by atoms with Crippen LogP contribution < -0.4 is 10.1 Å². The number of ether oxygens (including phenoxy) is 1. The van der Waals surface area contributed by atoms with Crippen LogP contribution in [0.1, 0.15) is 30.1 Å². The molecule has 1 aromatic carbocycles. The molecule has 0 spiro atoms. The maximum atomic E-state index is 13.2. The Balaban J connectivity index is 1.88. The van der Waals surface area contributed by atoms with Crippen LogP contribution in [0, 0.1) is 12.7 Å². The summed E-state index contributed by atoms with van der Waals surface area (Å²) in [6.45, 7) is 1.71. The molecule has 0 radical (unpaired) electrons. The first kappa shape index (κ1) is 12.8. The molecule has 1 saturated carbocycles. The molecule has 0 bridgehead atoms. The number of aromatic nitrogens is 2. The summed E-state index contributed by atoms with van der Waals surface area (Å²) in [4.78, 5) is 8.85. The fourth-order valence-corrected chi connectivity index (χ4v) is 1.95. The van der Waals surface area contributed by atoms with Crippen molar-refractivity contribution in [3.8, 4) is 11.6 Å². The molecule has 4 nitrogen and oxygen atoms in total. The van der Waals surface area contributed by atoms with E-state index in [1.54, 1.807) is 25.1 Å². The van der Waals surface area contributed by atoms with Gasteiger partial charge in [0, 0.05) is 19.0 Å². The topological polar surface area (TPSA) is 47.0 Å². The lowest BCUT2D eigenvalue weighted by Gasteiger charge is -2.09. The fraction of sp³-hybridized carbons (Fsp3) is 0.333. The molecule has 5 heteroatoms. The van der Waals surface area contributed by atoms with Crippen LogP contribution in [0.25, 0.3) is 0 Å². The van der Waals surface area contributed by atoms with Crippen LogP contribution in [-0.4, -0.2) is 17.0 Å². The SMILES string of the molecule is CNc1cc(Oc2ccc(F)c(C)c2)nc(C2CC2)n1. The minimum atomic E-state index is -0.241. The van der Waals surface area contributed by atoms with Gasteiger partial charge in [-0.1, -0.05) is 0 Å². The van der Waals surface area contributed by atoms with Crippen LogP contribution >= 0.6 is 0 Å². The zero-order valence-corrected chi connectivity index (χ0v) is 11.5. The molecule has 0 unspecified atom stereocenters. The van der Waals surface area contributed by atoms with Crippen molar-refractivity contribution in [2.24, 2.45) is 0 Å². The van der Waals surface area contributed by atoms with Crippen LogP contribution in [0.3, 0.4) is 0 Å². The van der Waals surface area contributed by atoms with Gasteiger partial charge in [-0.25, -0.2) is 9.37 Å². The van der Waals surface area contributed by atoms with E-state index in [1.807, 2.05) is 7.05 Å². The standard InChI is InChI=1S/C15H16FN3O/c1-9-7-11(5-6-12(9)16)20-14-8-13(17-2)18-15(19-14)10-3-4-10/h5-8,10H,3-4H2,1-2H3,(H,17,18,19). The third kappa shape index (κ3) is 2.71. The van der Waals surface area contributed by atoms with Gasteiger partial charge in [0.1, 0.15) is 23.2 Å². The summed E-state index contributed by atoms with van der Waals surface area (Å²) in [5.74, 6) is 2.81. The van der Waals surface area contributed by atoms with Gasteiger partial charge in [-0.15, -0.1) is 0 Å². The summed E-state index contributed by atoms with van der Waals surface area (Å²) >= 11 is 0. The van der Waals surface area contributed by atoms with Crippen molar-refractivity contribution in [1.29, 1.82) is 0 Å². The molecule has 1 fully saturated rings. The zero-order valence-electron chi connectivity index (χ0n) is 11.5. The molecule has 1 heterocycles. The van der Waals surface area contributed by atoms with Gasteiger partial charge in [-0.05, 0) is 43.5 Å². The first-order valence-corrected chi connectivity index (χ1v) is 6.66. The smallest absolute Gasteiger partial charge is 0.224 e. The van der Waals surface area contributed by atoms with Crippen molar-refractivity contribution in [2.75, 3.05) is 12.4 Å². The molecule has 2 aromatic rings. The first-order valence-electron chi connectivity index (χ1n) is 6.66. The van der Waals surface area contributed by atoms with Crippen LogP contribution in [0.5, 0.6) is 11.6 Å². The molecule has 20 heavy (non-hydrogen) atoms. The first-order chi connectivity index (χ1) is 9.65. The molecule has 1 N–H and O–H groups in total. The fourth-order valence-electron chi connectivity index (χ4n) is 1.95. The van der Waals surface area contributed by atoms with Gasteiger partial charge in [0.15, 0.2) is 0 Å². The second-order valence-corrected chi connectivity index (χ2v) is 4.99. The quantitative estimate of drug-likeness (QED) is 0.924. The number of nitrogens with zero attached hydrogens (tertiary/aromatic N) is 2. The van der Waals surface area contributed by atoms with Gasteiger partial charge in [0.25, 0.3) is 0 Å². The van der Waals surface area contributed by atoms with Crippen molar-refractivity contribution in [3.63, 3.8) is 0 Å². The number of halogens is 1. The number of nitrogens with one attached hydrogen (secondary N) is 1. The number of hydrogen-bond donors (Lipinski definition) is 1. The average molecular weight is 273 g/mol. The van der Waals surface area contributed by atoms with Crippen molar-refractivity contribution < 1.29 is 9.13 Å². The Morgan fingerprint density at radius 3 is 2.70 bits per heavy atom. The third-order valence-electron chi connectivity index (χ3n) is 3.27. The van der Waals surface area contributed by atoms with Crippen molar-refractivity contribution >= 4 is 5.82 Å². The Kier molecular flexibility index (Phi) is 3.26. The third-order valence-corrected chi connectivity index (χ3v) is 3.27. The van der Waals surface area contributed by atoms with E-state index in [9.17, 15) is 4.39 Å². The van der Waals surface area contributed by atoms with Crippen LogP contribution in [-0.2, 0) is 0 Å². The van der Waals surface area contributed by atoms with Crippen molar-refractivity contribution in [1.82, 2.24) is 9.97 Å². The van der Waals surface area contributed by atoms with Gasteiger partial charge < -0.3 is 10.1 Å². The lowest BCUT2D eigenvalue weighted by Crippen LogP contribution is -2.01. The minimum absolute atomic E-state index is 0.241. The van der Waals surface area contributed by atoms with E-state index in [2.05, 4.69) is 15.3 Å². The summed E-state index contributed by atoms with van der Waals surface area (Å²) in [5.41, 5.74) is 0.549. The second-order valence-electron chi connectivity index (χ2n) is 4.99. The van der Waals surface area contributed by atoms with E-state index < -0.39 is 0 Å². The number of rotatable bonds is 4. The lowest BCUT2D eigenvalue weighted by atomic mass is 10.2. The molecule has 1 aromatic heterocycles. The average Bonchev–Trinajstić information content (AvgIpc) is 3.27. The van der Waals surface area contributed by atoms with Gasteiger partial charge in [-0.3, -0.25) is 0 Å². The maximum Gasteiger partial charge on any atom is 0.224 e. The summed E-state index contributed by atoms with van der Waals surface area (Å²) in [5, 5.41) is 3.01. The number of anilines is 1. The monoisotopic (exact) mass is 273 g/mol. The van der Waals surface area contributed by atoms with E-state index in [-0.39, 0.29) is 5.82 Å². The summed E-state index contributed by atoms with van der Waals surface area (Å²) in [6.07, 6.45) is 2.25. The lowest BCUT2D eigenvalue weighted by molar-refractivity contribution is 0.456. The Bertz CT molecular complexity index is 641. The van der Waals surface area contributed by atoms with E-state index in [1.165, 1.54) is 6.07 Å². The molecule has 3 rings (SSSR count). The van der Waals surface area contributed by atoms with Gasteiger partial charge in [0.2, 0.25) is 5.88 Å². The maximum absolute atomic E-state index is 13.2. The highest BCUT2D eigenvalue weighted by atomic mass is 19.1. The largest absolute Gasteiger partial charge is 0.439 e. The van der Waals surface area contributed by atoms with Crippen molar-refractivity contribution in [2.45, 2.75) is 25.7 Å². The summed E-state index contributed by atoms with van der Waals surface area (Å²) < 4.78 is 19.0. The summed E-state index contributed by atoms with van der Waals surface area (Å²) in [7, 11) is 1.81. The van der Waals surface area contributed by atoms with E-state index >= 15 is 0 Å². The Morgan fingerprint density at radius 2 is 2.05 bits per heavy atom. The predicted molar refractivity (Wildman–Crippen MR) is 74.8 cm³/mol. The van der Waals surface area contributed by atoms with Gasteiger partial charge >= 0.3 is 0 Å². The Morgan fingerprint density at radius 1 is 1.25 bits per heavy atom. The highest BCUT2D eigenvalue weighted by molar-refractivity contribution is 5.41. The Hall–Kier alpha value is -2.17. The van der Waals surface area contributed by atoms with E-state index in [0.717, 1.165) is 24.5 Å². The van der Waals surface area contributed by atoms with Crippen LogP contribution in [0.15, 0.2) is 24.3 Å². The molecular formula is C15H16FN3O. The predicted octanol–water partition coefficient (Wildman–Crippen LogP) is 3.64. The molecule has 0 atom stereocenters. The number of benzene rings is 1. The molecular weight excluding hydrogens is 257 g/mol.